The number of hydrogen-bond acceptors (Lipinski definition) is 6. The molecule has 0 saturated carbocycles. The summed E-state index contributed by atoms with van der Waals surface area (Å²) < 4.78 is 10.1. The van der Waals surface area contributed by atoms with Crippen molar-refractivity contribution in [3.8, 4) is 5.75 Å². The normalized spacial score (nSPS) is 10.7. The number of benzene rings is 1. The molecule has 0 spiro atoms. The molecular formula is C15H16N4O2. The van der Waals surface area contributed by atoms with Crippen molar-refractivity contribution in [3.63, 3.8) is 0 Å². The summed E-state index contributed by atoms with van der Waals surface area (Å²) in [7, 11) is 1.67. The number of anilines is 1. The highest BCUT2D eigenvalue weighted by atomic mass is 16.5. The highest BCUT2D eigenvalue weighted by Gasteiger charge is 2.06. The van der Waals surface area contributed by atoms with Gasteiger partial charge in [-0.3, -0.25) is 0 Å². The lowest BCUT2D eigenvalue weighted by molar-refractivity contribution is 0.414. The Morgan fingerprint density at radius 2 is 2.05 bits per heavy atom. The first-order chi connectivity index (χ1) is 10.4. The first-order valence-corrected chi connectivity index (χ1v) is 6.79. The molecule has 108 valence electrons. The molecule has 21 heavy (non-hydrogen) atoms. The Morgan fingerprint density at radius 1 is 1.19 bits per heavy atom. The summed E-state index contributed by atoms with van der Waals surface area (Å²) in [6.07, 6.45) is 5.10. The van der Waals surface area contributed by atoms with Crippen molar-refractivity contribution in [1.29, 1.82) is 0 Å². The molecule has 2 aromatic heterocycles. The highest BCUT2D eigenvalue weighted by Crippen LogP contribution is 2.18. The lowest BCUT2D eigenvalue weighted by Crippen LogP contribution is -2.05. The number of methoxy groups -OCH3 is 1. The van der Waals surface area contributed by atoms with Gasteiger partial charge in [-0.1, -0.05) is 17.3 Å². The van der Waals surface area contributed by atoms with Gasteiger partial charge in [-0.2, -0.15) is 4.98 Å². The monoisotopic (exact) mass is 284 g/mol. The molecule has 2 heterocycles. The molecule has 3 aromatic rings. The van der Waals surface area contributed by atoms with Crippen molar-refractivity contribution < 1.29 is 9.26 Å². The van der Waals surface area contributed by atoms with E-state index in [4.69, 9.17) is 9.26 Å². The van der Waals surface area contributed by atoms with Crippen molar-refractivity contribution >= 4 is 16.9 Å². The topological polar surface area (TPSA) is 73.1 Å². The lowest BCUT2D eigenvalue weighted by atomic mass is 10.1. The molecule has 0 atom stereocenters. The quantitative estimate of drug-likeness (QED) is 0.701. The van der Waals surface area contributed by atoms with Crippen LogP contribution in [-0.2, 0) is 6.42 Å². The molecule has 0 aliphatic carbocycles. The van der Waals surface area contributed by atoms with Crippen molar-refractivity contribution in [3.05, 3.63) is 42.4 Å². The van der Waals surface area contributed by atoms with Crippen LogP contribution in [0.2, 0.25) is 0 Å². The fourth-order valence-corrected chi connectivity index (χ4v) is 2.13. The van der Waals surface area contributed by atoms with Crippen LogP contribution in [0, 0.1) is 0 Å². The minimum atomic E-state index is 0.502. The smallest absolute Gasteiger partial charge is 0.262 e. The second-order valence-electron chi connectivity index (χ2n) is 4.65. The zero-order chi connectivity index (χ0) is 14.5. The molecule has 0 aliphatic heterocycles. The Balaban J connectivity index is 1.53. The van der Waals surface area contributed by atoms with Crippen LogP contribution in [-0.4, -0.2) is 28.8 Å². The third-order valence-electron chi connectivity index (χ3n) is 3.26. The van der Waals surface area contributed by atoms with Gasteiger partial charge in [0, 0.05) is 6.54 Å². The number of nitrogens with one attached hydrogen (secondary N) is 1. The minimum Gasteiger partial charge on any atom is -0.497 e. The van der Waals surface area contributed by atoms with Gasteiger partial charge in [-0.15, -0.1) is 0 Å². The molecule has 0 amide bonds. The predicted molar refractivity (Wildman–Crippen MR) is 79.4 cm³/mol. The average Bonchev–Trinajstić information content (AvgIpc) is 3.01. The van der Waals surface area contributed by atoms with Crippen molar-refractivity contribution in [1.82, 2.24) is 15.1 Å². The zero-order valence-electron chi connectivity index (χ0n) is 11.7. The number of ether oxygens (including phenoxy) is 1. The van der Waals surface area contributed by atoms with Crippen molar-refractivity contribution in [2.75, 3.05) is 19.0 Å². The Morgan fingerprint density at radius 3 is 2.86 bits per heavy atom. The third-order valence-corrected chi connectivity index (χ3v) is 3.26. The van der Waals surface area contributed by atoms with Gasteiger partial charge in [-0.05, 0) is 30.5 Å². The number of aryl methyl sites for hydroxylation is 1. The van der Waals surface area contributed by atoms with Crippen LogP contribution in [0.3, 0.4) is 0 Å². The highest BCUT2D eigenvalue weighted by molar-refractivity contribution is 5.83. The van der Waals surface area contributed by atoms with Crippen LogP contribution >= 0.6 is 0 Å². The second kappa shape index (κ2) is 6.21. The number of nitrogens with zero attached hydrogens (tertiary/aromatic N) is 3. The van der Waals surface area contributed by atoms with E-state index in [0.717, 1.165) is 36.3 Å². The SMILES string of the molecule is COc1ccc(CCCNc2ncnc3oncc23)cc1. The fraction of sp³-hybridized carbons (Fsp3) is 0.267. The summed E-state index contributed by atoms with van der Waals surface area (Å²) in [6, 6.07) is 8.13. The molecule has 0 unspecified atom stereocenters. The van der Waals surface area contributed by atoms with Gasteiger partial charge < -0.3 is 14.6 Å². The van der Waals surface area contributed by atoms with Gasteiger partial charge in [-0.25, -0.2) is 4.98 Å². The van der Waals surface area contributed by atoms with E-state index in [1.807, 2.05) is 12.1 Å². The Bertz CT molecular complexity index is 709. The first-order valence-electron chi connectivity index (χ1n) is 6.79. The largest absolute Gasteiger partial charge is 0.497 e. The number of rotatable bonds is 6. The second-order valence-corrected chi connectivity index (χ2v) is 4.65. The molecule has 6 heteroatoms. The van der Waals surface area contributed by atoms with Gasteiger partial charge in [0.15, 0.2) is 0 Å². The van der Waals surface area contributed by atoms with Crippen LogP contribution in [0.5, 0.6) is 5.75 Å². The maximum Gasteiger partial charge on any atom is 0.262 e. The molecule has 0 fully saturated rings. The molecule has 1 N–H and O–H groups in total. The Hall–Kier alpha value is -2.63. The van der Waals surface area contributed by atoms with Gasteiger partial charge in [0.2, 0.25) is 0 Å². The van der Waals surface area contributed by atoms with Crippen molar-refractivity contribution in [2.45, 2.75) is 12.8 Å². The zero-order valence-corrected chi connectivity index (χ0v) is 11.7. The fourth-order valence-electron chi connectivity index (χ4n) is 2.13. The van der Waals surface area contributed by atoms with E-state index in [1.54, 1.807) is 13.3 Å². The summed E-state index contributed by atoms with van der Waals surface area (Å²) in [5, 5.41) is 7.82. The minimum absolute atomic E-state index is 0.502. The summed E-state index contributed by atoms with van der Waals surface area (Å²) in [6.45, 7) is 0.823. The van der Waals surface area contributed by atoms with E-state index in [2.05, 4.69) is 32.6 Å². The molecule has 0 saturated heterocycles. The molecule has 1 aromatic carbocycles. The summed E-state index contributed by atoms with van der Waals surface area (Å²) in [5.41, 5.74) is 1.79. The van der Waals surface area contributed by atoms with Crippen LogP contribution < -0.4 is 10.1 Å². The van der Waals surface area contributed by atoms with Gasteiger partial charge in [0.25, 0.3) is 5.71 Å². The third kappa shape index (κ3) is 3.10. The lowest BCUT2D eigenvalue weighted by Gasteiger charge is -2.06. The molecular weight excluding hydrogens is 268 g/mol. The standard InChI is InChI=1S/C15H16N4O2/c1-20-12-6-4-11(5-7-12)3-2-8-16-14-13-9-19-21-15(13)18-10-17-14/h4-7,9-10H,2-3,8H2,1H3,(H,16,17,18). The van der Waals surface area contributed by atoms with E-state index in [-0.39, 0.29) is 0 Å². The average molecular weight is 284 g/mol. The van der Waals surface area contributed by atoms with E-state index in [9.17, 15) is 0 Å². The van der Waals surface area contributed by atoms with E-state index in [1.165, 1.54) is 11.9 Å². The molecule has 0 radical (unpaired) electrons. The van der Waals surface area contributed by atoms with Crippen LogP contribution in [0.15, 0.2) is 41.3 Å². The van der Waals surface area contributed by atoms with Gasteiger partial charge >= 0.3 is 0 Å². The maximum absolute atomic E-state index is 5.14. The maximum atomic E-state index is 5.14. The first kappa shape index (κ1) is 13.4. The molecule has 0 bridgehead atoms. The number of aromatic nitrogens is 3. The van der Waals surface area contributed by atoms with Crippen molar-refractivity contribution in [2.24, 2.45) is 0 Å². The van der Waals surface area contributed by atoms with E-state index < -0.39 is 0 Å². The summed E-state index contributed by atoms with van der Waals surface area (Å²) in [5.74, 6) is 1.64. The predicted octanol–water partition coefficient (Wildman–Crippen LogP) is 2.67. The number of fused-ring (bicyclic) bond motifs is 1. The van der Waals surface area contributed by atoms with E-state index >= 15 is 0 Å². The van der Waals surface area contributed by atoms with Crippen LogP contribution in [0.25, 0.3) is 11.1 Å². The van der Waals surface area contributed by atoms with Gasteiger partial charge in [0.05, 0.1) is 13.3 Å². The Kier molecular flexibility index (Phi) is 3.95. The molecule has 6 nitrogen and oxygen atoms in total. The summed E-state index contributed by atoms with van der Waals surface area (Å²) in [4.78, 5) is 8.21. The van der Waals surface area contributed by atoms with Crippen LogP contribution in [0.4, 0.5) is 5.82 Å². The van der Waals surface area contributed by atoms with Crippen LogP contribution in [0.1, 0.15) is 12.0 Å². The van der Waals surface area contributed by atoms with Gasteiger partial charge in [0.1, 0.15) is 23.3 Å². The van der Waals surface area contributed by atoms with E-state index in [0.29, 0.717) is 5.71 Å². The number of hydrogen-bond donors (Lipinski definition) is 1. The molecule has 3 rings (SSSR count). The summed E-state index contributed by atoms with van der Waals surface area (Å²) >= 11 is 0. The molecule has 0 aliphatic rings. The Labute approximate surface area is 122 Å².